The molecule has 0 aliphatic carbocycles. The van der Waals surface area contributed by atoms with Crippen molar-refractivity contribution in [3.8, 4) is 0 Å². The van der Waals surface area contributed by atoms with Crippen LogP contribution in [0.15, 0.2) is 24.3 Å². The van der Waals surface area contributed by atoms with E-state index in [-0.39, 0.29) is 5.16 Å². The molecule has 0 spiro atoms. The molecule has 0 N–H and O–H groups in total. The van der Waals surface area contributed by atoms with Crippen LogP contribution in [-0.2, 0) is 14.7 Å². The third-order valence-corrected chi connectivity index (χ3v) is 6.61. The topological polar surface area (TPSA) is 26.3 Å². The second-order valence-electron chi connectivity index (χ2n) is 6.48. The molecular formula is C15H25O2P. The maximum atomic E-state index is 12.7. The van der Waals surface area contributed by atoms with E-state index in [2.05, 4.69) is 19.1 Å². The average Bonchev–Trinajstić information content (AvgIpc) is 2.14. The van der Waals surface area contributed by atoms with Crippen molar-refractivity contribution in [1.29, 1.82) is 0 Å². The second-order valence-corrected chi connectivity index (χ2v) is 9.70. The standard InChI is InChI=1S/C15H25O2P/c1-12-8-10-13(11-9-12)15(5,6)17-18(7,16)14(2,3)4/h8-11H,1-7H3. The molecule has 3 heteroatoms. The molecule has 0 saturated heterocycles. The highest BCUT2D eigenvalue weighted by Crippen LogP contribution is 2.59. The predicted octanol–water partition coefficient (Wildman–Crippen LogP) is 4.95. The van der Waals surface area contributed by atoms with Crippen LogP contribution in [-0.4, -0.2) is 11.8 Å². The van der Waals surface area contributed by atoms with E-state index in [1.165, 1.54) is 5.56 Å². The molecule has 0 radical (unpaired) electrons. The van der Waals surface area contributed by atoms with Crippen molar-refractivity contribution in [1.82, 2.24) is 0 Å². The molecule has 0 saturated carbocycles. The Hall–Kier alpha value is -0.590. The first-order valence-electron chi connectivity index (χ1n) is 6.31. The van der Waals surface area contributed by atoms with Crippen molar-refractivity contribution in [2.24, 2.45) is 0 Å². The van der Waals surface area contributed by atoms with Gasteiger partial charge in [0.05, 0.1) is 5.60 Å². The Morgan fingerprint density at radius 1 is 1.00 bits per heavy atom. The van der Waals surface area contributed by atoms with Crippen LogP contribution in [0.5, 0.6) is 0 Å². The van der Waals surface area contributed by atoms with Gasteiger partial charge in [-0.1, -0.05) is 50.6 Å². The Kier molecular flexibility index (Phi) is 4.15. The summed E-state index contributed by atoms with van der Waals surface area (Å²) in [4.78, 5) is 0. The van der Waals surface area contributed by atoms with Crippen LogP contribution in [0.1, 0.15) is 45.7 Å². The van der Waals surface area contributed by atoms with E-state index in [1.807, 2.05) is 46.8 Å². The number of hydrogen-bond acceptors (Lipinski definition) is 2. The Balaban J connectivity index is 3.02. The predicted molar refractivity (Wildman–Crippen MR) is 78.6 cm³/mol. The van der Waals surface area contributed by atoms with Crippen molar-refractivity contribution < 1.29 is 9.09 Å². The molecule has 0 aliphatic heterocycles. The molecule has 1 aromatic rings. The molecule has 2 nitrogen and oxygen atoms in total. The lowest BCUT2D eigenvalue weighted by Gasteiger charge is -2.35. The molecule has 0 heterocycles. The summed E-state index contributed by atoms with van der Waals surface area (Å²) >= 11 is 0. The van der Waals surface area contributed by atoms with Crippen molar-refractivity contribution in [3.05, 3.63) is 35.4 Å². The van der Waals surface area contributed by atoms with Gasteiger partial charge in [0.25, 0.3) is 0 Å². The van der Waals surface area contributed by atoms with E-state index in [0.717, 1.165) is 5.56 Å². The largest absolute Gasteiger partial charge is 0.317 e. The van der Waals surface area contributed by atoms with E-state index in [0.29, 0.717) is 0 Å². The van der Waals surface area contributed by atoms with Gasteiger partial charge in [-0.25, -0.2) is 0 Å². The molecule has 0 bridgehead atoms. The summed E-state index contributed by atoms with van der Waals surface area (Å²) in [6.07, 6.45) is 0. The highest BCUT2D eigenvalue weighted by Gasteiger charge is 2.38. The quantitative estimate of drug-likeness (QED) is 0.725. The van der Waals surface area contributed by atoms with Gasteiger partial charge in [-0.3, -0.25) is 4.57 Å². The normalized spacial score (nSPS) is 16.4. The maximum absolute atomic E-state index is 12.7. The zero-order valence-corrected chi connectivity index (χ0v) is 13.5. The van der Waals surface area contributed by atoms with E-state index in [9.17, 15) is 4.57 Å². The fourth-order valence-corrected chi connectivity index (χ4v) is 2.83. The van der Waals surface area contributed by atoms with Crippen LogP contribution in [0.25, 0.3) is 0 Å². The summed E-state index contributed by atoms with van der Waals surface area (Å²) in [6.45, 7) is 13.6. The van der Waals surface area contributed by atoms with Crippen LogP contribution in [0.3, 0.4) is 0 Å². The Morgan fingerprint density at radius 2 is 1.44 bits per heavy atom. The van der Waals surface area contributed by atoms with Gasteiger partial charge in [0.2, 0.25) is 7.37 Å². The van der Waals surface area contributed by atoms with Crippen molar-refractivity contribution >= 4 is 7.37 Å². The van der Waals surface area contributed by atoms with Crippen molar-refractivity contribution in [2.75, 3.05) is 6.66 Å². The van der Waals surface area contributed by atoms with Gasteiger partial charge in [-0.15, -0.1) is 0 Å². The molecule has 0 amide bonds. The first-order chi connectivity index (χ1) is 7.96. The van der Waals surface area contributed by atoms with Crippen LogP contribution < -0.4 is 0 Å². The Labute approximate surface area is 111 Å². The zero-order chi connectivity index (χ0) is 14.2. The lowest BCUT2D eigenvalue weighted by atomic mass is 9.98. The summed E-state index contributed by atoms with van der Waals surface area (Å²) < 4.78 is 18.6. The Bertz CT molecular complexity index is 452. The minimum atomic E-state index is -2.68. The smallest absolute Gasteiger partial charge is 0.206 e. The highest BCUT2D eigenvalue weighted by atomic mass is 31.2. The fraction of sp³-hybridized carbons (Fsp3) is 0.600. The van der Waals surface area contributed by atoms with Gasteiger partial charge in [0.1, 0.15) is 0 Å². The van der Waals surface area contributed by atoms with Crippen LogP contribution in [0.4, 0.5) is 0 Å². The van der Waals surface area contributed by atoms with Gasteiger partial charge in [-0.2, -0.15) is 0 Å². The first-order valence-corrected chi connectivity index (χ1v) is 8.38. The fourth-order valence-electron chi connectivity index (χ4n) is 1.58. The molecule has 18 heavy (non-hydrogen) atoms. The molecule has 0 aliphatic rings. The minimum absolute atomic E-state index is 0.338. The number of benzene rings is 1. The van der Waals surface area contributed by atoms with E-state index in [4.69, 9.17) is 4.52 Å². The molecule has 0 fully saturated rings. The first kappa shape index (κ1) is 15.5. The SMILES string of the molecule is Cc1ccc(C(C)(C)OP(C)(=O)C(C)(C)C)cc1. The summed E-state index contributed by atoms with van der Waals surface area (Å²) in [5, 5.41) is -0.338. The third-order valence-electron chi connectivity index (χ3n) is 3.37. The van der Waals surface area contributed by atoms with Crippen molar-refractivity contribution in [2.45, 2.75) is 52.3 Å². The van der Waals surface area contributed by atoms with Gasteiger partial charge in [-0.05, 0) is 26.3 Å². The molecule has 1 atom stereocenters. The number of rotatable bonds is 3. The van der Waals surface area contributed by atoms with Crippen LogP contribution in [0, 0.1) is 6.92 Å². The maximum Gasteiger partial charge on any atom is 0.206 e. The molecule has 1 aromatic carbocycles. The van der Waals surface area contributed by atoms with Gasteiger partial charge >= 0.3 is 0 Å². The molecular weight excluding hydrogens is 243 g/mol. The van der Waals surface area contributed by atoms with Gasteiger partial charge in [0.15, 0.2) is 0 Å². The highest BCUT2D eigenvalue weighted by molar-refractivity contribution is 7.59. The van der Waals surface area contributed by atoms with E-state index >= 15 is 0 Å². The average molecular weight is 268 g/mol. The van der Waals surface area contributed by atoms with E-state index < -0.39 is 13.0 Å². The summed E-state index contributed by atoms with van der Waals surface area (Å²) in [5.74, 6) is 0. The van der Waals surface area contributed by atoms with Crippen LogP contribution >= 0.6 is 7.37 Å². The monoisotopic (exact) mass is 268 g/mol. The molecule has 102 valence electrons. The van der Waals surface area contributed by atoms with Crippen LogP contribution in [0.2, 0.25) is 0 Å². The lowest BCUT2D eigenvalue weighted by molar-refractivity contribution is 0.108. The lowest BCUT2D eigenvalue weighted by Crippen LogP contribution is -2.26. The Morgan fingerprint density at radius 3 is 1.83 bits per heavy atom. The summed E-state index contributed by atoms with van der Waals surface area (Å²) in [7, 11) is -2.68. The van der Waals surface area contributed by atoms with Gasteiger partial charge < -0.3 is 4.52 Å². The summed E-state index contributed by atoms with van der Waals surface area (Å²) in [5.41, 5.74) is 1.73. The number of hydrogen-bond donors (Lipinski definition) is 0. The molecule has 1 unspecified atom stereocenters. The second kappa shape index (κ2) is 4.83. The van der Waals surface area contributed by atoms with Gasteiger partial charge in [0, 0.05) is 11.8 Å². The van der Waals surface area contributed by atoms with E-state index in [1.54, 1.807) is 6.66 Å². The minimum Gasteiger partial charge on any atom is -0.317 e. The van der Waals surface area contributed by atoms with Crippen molar-refractivity contribution in [3.63, 3.8) is 0 Å². The zero-order valence-electron chi connectivity index (χ0n) is 12.6. The summed E-state index contributed by atoms with van der Waals surface area (Å²) in [6, 6.07) is 8.19. The number of aryl methyl sites for hydroxylation is 1. The third kappa shape index (κ3) is 3.46. The molecule has 0 aromatic heterocycles. The molecule has 1 rings (SSSR count).